The van der Waals surface area contributed by atoms with Crippen LogP contribution in [-0.2, 0) is 6.61 Å². The van der Waals surface area contributed by atoms with Gasteiger partial charge in [-0.3, -0.25) is 0 Å². The van der Waals surface area contributed by atoms with E-state index in [1.807, 2.05) is 0 Å². The summed E-state index contributed by atoms with van der Waals surface area (Å²) >= 11 is 9.31. The molecule has 0 saturated carbocycles. The van der Waals surface area contributed by atoms with E-state index in [0.717, 1.165) is 5.56 Å². The van der Waals surface area contributed by atoms with Crippen molar-refractivity contribution in [3.05, 3.63) is 62.8 Å². The Kier molecular flexibility index (Phi) is 5.02. The van der Waals surface area contributed by atoms with E-state index < -0.39 is 6.10 Å². The van der Waals surface area contributed by atoms with Crippen LogP contribution in [0.5, 0.6) is 5.75 Å². The number of hydrogen-bond donors (Lipinski definition) is 1. The summed E-state index contributed by atoms with van der Waals surface area (Å²) in [6.07, 6.45) is -0.583. The van der Waals surface area contributed by atoms with Crippen LogP contribution < -0.4 is 4.74 Å². The predicted molar refractivity (Wildman–Crippen MR) is 80.5 cm³/mol. The molecule has 0 aliphatic carbocycles. The van der Waals surface area contributed by atoms with Gasteiger partial charge in [0.2, 0.25) is 0 Å². The van der Waals surface area contributed by atoms with Crippen LogP contribution in [0.25, 0.3) is 0 Å². The standard InChI is InChI=1S/C15H13BrClFO2/c1-9(19)11-2-3-15(14(17)6-11)20-8-10-4-12(16)7-13(18)5-10/h2-7,9,19H,8H2,1H3/t9-/m0/s1. The maximum Gasteiger partial charge on any atom is 0.138 e. The number of rotatable bonds is 4. The minimum Gasteiger partial charge on any atom is -0.487 e. The van der Waals surface area contributed by atoms with Crippen molar-refractivity contribution in [2.45, 2.75) is 19.6 Å². The first-order valence-corrected chi connectivity index (χ1v) is 7.18. The fraction of sp³-hybridized carbons (Fsp3) is 0.200. The number of hydrogen-bond acceptors (Lipinski definition) is 2. The molecular weight excluding hydrogens is 347 g/mol. The van der Waals surface area contributed by atoms with Gasteiger partial charge in [-0.1, -0.05) is 33.6 Å². The van der Waals surface area contributed by atoms with Crippen molar-refractivity contribution in [1.29, 1.82) is 0 Å². The molecule has 0 aliphatic heterocycles. The highest BCUT2D eigenvalue weighted by atomic mass is 79.9. The van der Waals surface area contributed by atoms with E-state index in [9.17, 15) is 9.50 Å². The molecule has 0 bridgehead atoms. The summed E-state index contributed by atoms with van der Waals surface area (Å²) in [6.45, 7) is 1.88. The van der Waals surface area contributed by atoms with Crippen LogP contribution in [0.1, 0.15) is 24.2 Å². The molecule has 1 atom stereocenters. The van der Waals surface area contributed by atoms with Crippen LogP contribution in [0.15, 0.2) is 40.9 Å². The average molecular weight is 360 g/mol. The molecule has 2 aromatic carbocycles. The molecule has 0 aromatic heterocycles. The molecule has 0 aliphatic rings. The molecule has 106 valence electrons. The highest BCUT2D eigenvalue weighted by Gasteiger charge is 2.07. The number of halogens is 3. The van der Waals surface area contributed by atoms with Gasteiger partial charge in [-0.25, -0.2) is 4.39 Å². The van der Waals surface area contributed by atoms with E-state index in [0.29, 0.717) is 20.8 Å². The van der Waals surface area contributed by atoms with Crippen molar-refractivity contribution in [2.24, 2.45) is 0 Å². The number of aliphatic hydroxyl groups excluding tert-OH is 1. The molecule has 0 unspecified atom stereocenters. The lowest BCUT2D eigenvalue weighted by Gasteiger charge is -2.11. The second-order valence-electron chi connectivity index (χ2n) is 4.43. The molecule has 2 nitrogen and oxygen atoms in total. The minimum atomic E-state index is -0.583. The highest BCUT2D eigenvalue weighted by molar-refractivity contribution is 9.10. The topological polar surface area (TPSA) is 29.5 Å². The van der Waals surface area contributed by atoms with E-state index in [1.54, 1.807) is 31.2 Å². The number of ether oxygens (including phenoxy) is 1. The van der Waals surface area contributed by atoms with Crippen LogP contribution in [-0.4, -0.2) is 5.11 Å². The Hall–Kier alpha value is -1.10. The van der Waals surface area contributed by atoms with Gasteiger partial charge < -0.3 is 9.84 Å². The Labute approximate surface area is 130 Å². The molecule has 0 heterocycles. The molecule has 0 fully saturated rings. The molecule has 0 spiro atoms. The van der Waals surface area contributed by atoms with Gasteiger partial charge in [-0.15, -0.1) is 0 Å². The molecule has 0 saturated heterocycles. The molecule has 20 heavy (non-hydrogen) atoms. The molecule has 0 radical (unpaired) electrons. The van der Waals surface area contributed by atoms with Crippen LogP contribution in [0, 0.1) is 5.82 Å². The molecular formula is C15H13BrClFO2. The van der Waals surface area contributed by atoms with Gasteiger partial charge in [-0.05, 0) is 48.4 Å². The Balaban J connectivity index is 2.11. The number of benzene rings is 2. The fourth-order valence-corrected chi connectivity index (χ4v) is 2.51. The van der Waals surface area contributed by atoms with Gasteiger partial charge in [0.05, 0.1) is 11.1 Å². The maximum atomic E-state index is 13.2. The zero-order valence-electron chi connectivity index (χ0n) is 10.7. The quantitative estimate of drug-likeness (QED) is 0.843. The van der Waals surface area contributed by atoms with E-state index >= 15 is 0 Å². The van der Waals surface area contributed by atoms with E-state index in [1.165, 1.54) is 12.1 Å². The minimum absolute atomic E-state index is 0.212. The SMILES string of the molecule is C[C@H](O)c1ccc(OCc2cc(F)cc(Br)c2)c(Cl)c1. The van der Waals surface area contributed by atoms with Gasteiger partial charge in [0.15, 0.2) is 0 Å². The van der Waals surface area contributed by atoms with E-state index in [2.05, 4.69) is 15.9 Å². The molecule has 1 N–H and O–H groups in total. The third-order valence-electron chi connectivity index (χ3n) is 2.76. The summed E-state index contributed by atoms with van der Waals surface area (Å²) in [5.41, 5.74) is 1.42. The smallest absolute Gasteiger partial charge is 0.138 e. The van der Waals surface area contributed by atoms with Gasteiger partial charge in [0.1, 0.15) is 18.2 Å². The van der Waals surface area contributed by atoms with Crippen LogP contribution in [0.4, 0.5) is 4.39 Å². The summed E-state index contributed by atoms with van der Waals surface area (Å²) in [6, 6.07) is 9.66. The lowest BCUT2D eigenvalue weighted by Crippen LogP contribution is -1.98. The van der Waals surface area contributed by atoms with Crippen molar-refractivity contribution in [2.75, 3.05) is 0 Å². The van der Waals surface area contributed by atoms with Crippen LogP contribution in [0.2, 0.25) is 5.02 Å². The lowest BCUT2D eigenvalue weighted by atomic mass is 10.1. The summed E-state index contributed by atoms with van der Waals surface area (Å²) in [7, 11) is 0. The third kappa shape index (κ3) is 3.95. The van der Waals surface area contributed by atoms with Crippen molar-refractivity contribution >= 4 is 27.5 Å². The fourth-order valence-electron chi connectivity index (χ4n) is 1.75. The summed E-state index contributed by atoms with van der Waals surface area (Å²) in [5.74, 6) is 0.171. The van der Waals surface area contributed by atoms with Crippen molar-refractivity contribution in [3.8, 4) is 5.75 Å². The lowest BCUT2D eigenvalue weighted by molar-refractivity contribution is 0.199. The zero-order chi connectivity index (χ0) is 14.7. The Morgan fingerprint density at radius 3 is 2.65 bits per heavy atom. The number of aliphatic hydroxyl groups is 1. The second-order valence-corrected chi connectivity index (χ2v) is 5.76. The zero-order valence-corrected chi connectivity index (χ0v) is 13.1. The monoisotopic (exact) mass is 358 g/mol. The normalized spacial score (nSPS) is 12.2. The predicted octanol–water partition coefficient (Wildman–Crippen LogP) is 4.87. The summed E-state index contributed by atoms with van der Waals surface area (Å²) in [5, 5.41) is 9.88. The molecule has 2 rings (SSSR count). The van der Waals surface area contributed by atoms with Crippen molar-refractivity contribution in [3.63, 3.8) is 0 Å². The Morgan fingerprint density at radius 2 is 2.05 bits per heavy atom. The maximum absolute atomic E-state index is 13.2. The van der Waals surface area contributed by atoms with Crippen LogP contribution in [0.3, 0.4) is 0 Å². The van der Waals surface area contributed by atoms with Crippen molar-refractivity contribution < 1.29 is 14.2 Å². The van der Waals surface area contributed by atoms with Gasteiger partial charge in [-0.2, -0.15) is 0 Å². The largest absolute Gasteiger partial charge is 0.487 e. The van der Waals surface area contributed by atoms with E-state index in [-0.39, 0.29) is 12.4 Å². The molecule has 2 aromatic rings. The first-order valence-electron chi connectivity index (χ1n) is 6.01. The molecule has 0 amide bonds. The van der Waals surface area contributed by atoms with Crippen molar-refractivity contribution in [1.82, 2.24) is 0 Å². The van der Waals surface area contributed by atoms with Gasteiger partial charge in [0, 0.05) is 4.47 Å². The summed E-state index contributed by atoms with van der Waals surface area (Å²) in [4.78, 5) is 0. The van der Waals surface area contributed by atoms with Gasteiger partial charge in [0.25, 0.3) is 0 Å². The van der Waals surface area contributed by atoms with Crippen LogP contribution >= 0.6 is 27.5 Å². The highest BCUT2D eigenvalue weighted by Crippen LogP contribution is 2.28. The third-order valence-corrected chi connectivity index (χ3v) is 3.51. The second kappa shape index (κ2) is 6.57. The molecule has 5 heteroatoms. The summed E-state index contributed by atoms with van der Waals surface area (Å²) < 4.78 is 19.5. The first-order chi connectivity index (χ1) is 9.45. The Morgan fingerprint density at radius 1 is 1.30 bits per heavy atom. The average Bonchev–Trinajstić information content (AvgIpc) is 2.36. The van der Waals surface area contributed by atoms with E-state index in [4.69, 9.17) is 16.3 Å². The van der Waals surface area contributed by atoms with Gasteiger partial charge >= 0.3 is 0 Å². The first kappa shape index (κ1) is 15.3. The Bertz CT molecular complexity index is 597.